The molecular formula is C15H17N3O2S. The van der Waals surface area contributed by atoms with Gasteiger partial charge in [0.25, 0.3) is 5.56 Å². The van der Waals surface area contributed by atoms with Crippen molar-refractivity contribution >= 4 is 21.6 Å². The number of aromatic nitrogens is 2. The molecule has 5 nitrogen and oxygen atoms in total. The Kier molecular flexibility index (Phi) is 3.90. The summed E-state index contributed by atoms with van der Waals surface area (Å²) in [5, 5.41) is 5.31. The number of rotatable bonds is 5. The molecule has 1 unspecified atom stereocenters. The second-order valence-corrected chi connectivity index (χ2v) is 5.91. The molecule has 0 aromatic carbocycles. The van der Waals surface area contributed by atoms with E-state index < -0.39 is 0 Å². The maximum Gasteiger partial charge on any atom is 0.271 e. The first-order valence-corrected chi connectivity index (χ1v) is 7.75. The van der Waals surface area contributed by atoms with Gasteiger partial charge in [-0.25, -0.2) is 4.98 Å². The molecule has 0 saturated carbocycles. The molecule has 21 heavy (non-hydrogen) atoms. The normalized spacial score (nSPS) is 12.9. The highest BCUT2D eigenvalue weighted by molar-refractivity contribution is 7.17. The van der Waals surface area contributed by atoms with Gasteiger partial charge in [0, 0.05) is 13.1 Å². The number of hydrogen-bond donors (Lipinski definition) is 1. The predicted octanol–water partition coefficient (Wildman–Crippen LogP) is 2.71. The fourth-order valence-corrected chi connectivity index (χ4v) is 3.21. The molecule has 0 amide bonds. The summed E-state index contributed by atoms with van der Waals surface area (Å²) in [5.41, 5.74) is 1.91. The van der Waals surface area contributed by atoms with Crippen molar-refractivity contribution in [2.24, 2.45) is 0 Å². The van der Waals surface area contributed by atoms with Crippen molar-refractivity contribution < 1.29 is 4.42 Å². The molecule has 3 heterocycles. The smallest absolute Gasteiger partial charge is 0.271 e. The monoisotopic (exact) mass is 303 g/mol. The van der Waals surface area contributed by atoms with Gasteiger partial charge in [-0.15, -0.1) is 11.3 Å². The summed E-state index contributed by atoms with van der Waals surface area (Å²) in [7, 11) is 0. The van der Waals surface area contributed by atoms with E-state index in [2.05, 4.69) is 10.3 Å². The molecule has 3 aromatic heterocycles. The summed E-state index contributed by atoms with van der Waals surface area (Å²) in [4.78, 5) is 16.7. The third-order valence-electron chi connectivity index (χ3n) is 3.50. The Labute approximate surface area is 126 Å². The number of hydrogen-bond acceptors (Lipinski definition) is 5. The van der Waals surface area contributed by atoms with E-state index in [0.29, 0.717) is 13.1 Å². The third-order valence-corrected chi connectivity index (χ3v) is 4.57. The molecule has 6 heteroatoms. The molecule has 1 N–H and O–H groups in total. The lowest BCUT2D eigenvalue weighted by molar-refractivity contribution is 0.422. The lowest BCUT2D eigenvalue weighted by Crippen LogP contribution is -2.28. The highest BCUT2D eigenvalue weighted by Gasteiger charge is 2.10. The standard InChI is InChI=1S/C15H17N3O2S/c1-10-8-21-14-13(10)17-9-18(15(14)19)6-5-16-11(2)12-4-3-7-20-12/h3-4,7-9,11,16H,5-6H2,1-2H3. The van der Waals surface area contributed by atoms with E-state index >= 15 is 0 Å². The van der Waals surface area contributed by atoms with Crippen LogP contribution in [0.2, 0.25) is 0 Å². The molecule has 0 aliphatic heterocycles. The minimum atomic E-state index is 0.0329. The predicted molar refractivity (Wildman–Crippen MR) is 83.7 cm³/mol. The van der Waals surface area contributed by atoms with Crippen molar-refractivity contribution in [2.75, 3.05) is 6.54 Å². The van der Waals surface area contributed by atoms with Gasteiger partial charge in [-0.3, -0.25) is 9.36 Å². The lowest BCUT2D eigenvalue weighted by atomic mass is 10.2. The van der Waals surface area contributed by atoms with Crippen molar-refractivity contribution in [2.45, 2.75) is 26.4 Å². The zero-order valence-electron chi connectivity index (χ0n) is 12.0. The van der Waals surface area contributed by atoms with E-state index in [1.165, 1.54) is 11.3 Å². The van der Waals surface area contributed by atoms with Crippen LogP contribution in [0.3, 0.4) is 0 Å². The van der Waals surface area contributed by atoms with Crippen LogP contribution in [-0.4, -0.2) is 16.1 Å². The maximum absolute atomic E-state index is 12.3. The minimum absolute atomic E-state index is 0.0329. The zero-order valence-corrected chi connectivity index (χ0v) is 12.8. The fraction of sp³-hybridized carbons (Fsp3) is 0.333. The van der Waals surface area contributed by atoms with Crippen molar-refractivity contribution in [1.29, 1.82) is 0 Å². The van der Waals surface area contributed by atoms with E-state index in [1.807, 2.05) is 31.4 Å². The van der Waals surface area contributed by atoms with Gasteiger partial charge in [0.05, 0.1) is 24.1 Å². The van der Waals surface area contributed by atoms with Gasteiger partial charge < -0.3 is 9.73 Å². The molecule has 0 spiro atoms. The first kappa shape index (κ1) is 14.0. The van der Waals surface area contributed by atoms with E-state index in [-0.39, 0.29) is 11.6 Å². The van der Waals surface area contributed by atoms with Crippen molar-refractivity contribution in [3.05, 3.63) is 51.8 Å². The maximum atomic E-state index is 12.3. The average molecular weight is 303 g/mol. The van der Waals surface area contributed by atoms with Gasteiger partial charge in [0.2, 0.25) is 0 Å². The molecule has 0 bridgehead atoms. The Morgan fingerprint density at radius 1 is 1.52 bits per heavy atom. The van der Waals surface area contributed by atoms with Crippen LogP contribution in [0.25, 0.3) is 10.2 Å². The average Bonchev–Trinajstić information content (AvgIpc) is 3.12. The summed E-state index contributed by atoms with van der Waals surface area (Å²) in [6, 6.07) is 3.93. The summed E-state index contributed by atoms with van der Waals surface area (Å²) in [6.07, 6.45) is 3.29. The lowest BCUT2D eigenvalue weighted by Gasteiger charge is -2.12. The fourth-order valence-electron chi connectivity index (χ4n) is 2.26. The Morgan fingerprint density at radius 2 is 2.38 bits per heavy atom. The highest BCUT2D eigenvalue weighted by Crippen LogP contribution is 2.19. The molecule has 3 aromatic rings. The van der Waals surface area contributed by atoms with E-state index in [9.17, 15) is 4.79 Å². The van der Waals surface area contributed by atoms with Gasteiger partial charge in [0.1, 0.15) is 10.5 Å². The van der Waals surface area contributed by atoms with Crippen LogP contribution in [0, 0.1) is 6.92 Å². The van der Waals surface area contributed by atoms with Crippen LogP contribution in [0.1, 0.15) is 24.3 Å². The molecule has 110 valence electrons. The molecular weight excluding hydrogens is 286 g/mol. The Bertz CT molecular complexity index is 789. The van der Waals surface area contributed by atoms with Gasteiger partial charge in [-0.05, 0) is 36.9 Å². The minimum Gasteiger partial charge on any atom is -0.468 e. The van der Waals surface area contributed by atoms with Crippen LogP contribution >= 0.6 is 11.3 Å². The van der Waals surface area contributed by atoms with Crippen LogP contribution < -0.4 is 10.9 Å². The number of furan rings is 1. The third kappa shape index (κ3) is 2.77. The number of nitrogens with zero attached hydrogens (tertiary/aromatic N) is 2. The zero-order chi connectivity index (χ0) is 14.8. The number of nitrogens with one attached hydrogen (secondary N) is 1. The first-order valence-electron chi connectivity index (χ1n) is 6.87. The quantitative estimate of drug-likeness (QED) is 0.787. The van der Waals surface area contributed by atoms with Gasteiger partial charge in [-0.1, -0.05) is 0 Å². The first-order chi connectivity index (χ1) is 10.2. The van der Waals surface area contributed by atoms with Gasteiger partial charge in [0.15, 0.2) is 0 Å². The summed E-state index contributed by atoms with van der Waals surface area (Å²) in [6.45, 7) is 5.27. The number of thiophene rings is 1. The molecule has 1 atom stereocenters. The van der Waals surface area contributed by atoms with E-state index in [0.717, 1.165) is 21.5 Å². The Hall–Kier alpha value is -1.92. The summed E-state index contributed by atoms with van der Waals surface area (Å²) < 4.78 is 7.72. The van der Waals surface area contributed by atoms with Crippen molar-refractivity contribution in [3.8, 4) is 0 Å². The van der Waals surface area contributed by atoms with Crippen LogP contribution in [-0.2, 0) is 6.54 Å². The second-order valence-electron chi connectivity index (χ2n) is 5.03. The van der Waals surface area contributed by atoms with Crippen LogP contribution in [0.4, 0.5) is 0 Å². The Morgan fingerprint density at radius 3 is 3.14 bits per heavy atom. The summed E-state index contributed by atoms with van der Waals surface area (Å²) >= 11 is 1.46. The SMILES string of the molecule is Cc1csc2c(=O)n(CCNC(C)c3ccco3)cnc12. The topological polar surface area (TPSA) is 60.1 Å². The van der Waals surface area contributed by atoms with Gasteiger partial charge >= 0.3 is 0 Å². The highest BCUT2D eigenvalue weighted by atomic mass is 32.1. The number of fused-ring (bicyclic) bond motifs is 1. The van der Waals surface area contributed by atoms with Crippen LogP contribution in [0.15, 0.2) is 39.3 Å². The van der Waals surface area contributed by atoms with Crippen molar-refractivity contribution in [3.63, 3.8) is 0 Å². The van der Waals surface area contributed by atoms with E-state index in [4.69, 9.17) is 4.42 Å². The molecule has 0 aliphatic rings. The molecule has 0 aliphatic carbocycles. The molecule has 0 radical (unpaired) electrons. The number of aryl methyl sites for hydroxylation is 1. The molecule has 3 rings (SSSR count). The Balaban J connectivity index is 1.68. The van der Waals surface area contributed by atoms with E-state index in [1.54, 1.807) is 17.2 Å². The second kappa shape index (κ2) is 5.83. The van der Waals surface area contributed by atoms with Crippen LogP contribution in [0.5, 0.6) is 0 Å². The molecule has 0 fully saturated rings. The molecule has 0 saturated heterocycles. The van der Waals surface area contributed by atoms with Gasteiger partial charge in [-0.2, -0.15) is 0 Å². The van der Waals surface area contributed by atoms with Crippen molar-refractivity contribution in [1.82, 2.24) is 14.9 Å². The largest absolute Gasteiger partial charge is 0.468 e. The summed E-state index contributed by atoms with van der Waals surface area (Å²) in [5.74, 6) is 0.893.